The second-order valence-corrected chi connectivity index (χ2v) is 4.40. The van der Waals surface area contributed by atoms with E-state index in [1.807, 2.05) is 12.1 Å². The Morgan fingerprint density at radius 3 is 2.44 bits per heavy atom. The summed E-state index contributed by atoms with van der Waals surface area (Å²) in [6, 6.07) is 8.14. The molecule has 0 unspecified atom stereocenters. The van der Waals surface area contributed by atoms with E-state index in [1.54, 1.807) is 7.11 Å². The summed E-state index contributed by atoms with van der Waals surface area (Å²) >= 11 is 3.40. The molecule has 1 rings (SSSR count). The predicted octanol–water partition coefficient (Wildman–Crippen LogP) is 3.43. The summed E-state index contributed by atoms with van der Waals surface area (Å²) in [5.74, 6) is 0.905. The number of benzene rings is 1. The first-order valence-electron chi connectivity index (χ1n) is 5.63. The zero-order valence-electron chi connectivity index (χ0n) is 9.75. The molecule has 0 aromatic heterocycles. The molecule has 3 heteroatoms. The molecule has 0 saturated carbocycles. The van der Waals surface area contributed by atoms with Crippen molar-refractivity contribution in [1.82, 2.24) is 0 Å². The molecule has 0 heterocycles. The number of hydrogen-bond acceptors (Lipinski definition) is 2. The highest BCUT2D eigenvalue weighted by atomic mass is 79.9. The maximum atomic E-state index is 5.54. The van der Waals surface area contributed by atoms with Gasteiger partial charge in [0, 0.05) is 11.9 Å². The first-order chi connectivity index (χ1) is 7.86. The van der Waals surface area contributed by atoms with E-state index in [0.717, 1.165) is 37.1 Å². The number of rotatable bonds is 8. The van der Waals surface area contributed by atoms with E-state index in [1.165, 1.54) is 12.0 Å². The van der Waals surface area contributed by atoms with Gasteiger partial charge < -0.3 is 9.47 Å². The van der Waals surface area contributed by atoms with Gasteiger partial charge >= 0.3 is 0 Å². The maximum absolute atomic E-state index is 5.54. The number of methoxy groups -OCH3 is 1. The van der Waals surface area contributed by atoms with Gasteiger partial charge in [0.25, 0.3) is 0 Å². The standard InChI is InChI=1S/C13H19BrO2/c1-15-13-6-4-12(5-7-13)8-11-16-10-3-2-9-14/h4-7H,2-3,8-11H2,1H3. The van der Waals surface area contributed by atoms with Crippen molar-refractivity contribution in [2.75, 3.05) is 25.7 Å². The molecule has 0 spiro atoms. The van der Waals surface area contributed by atoms with E-state index in [0.29, 0.717) is 0 Å². The summed E-state index contributed by atoms with van der Waals surface area (Å²) in [6.45, 7) is 1.66. The molecule has 0 atom stereocenters. The lowest BCUT2D eigenvalue weighted by Gasteiger charge is -2.05. The largest absolute Gasteiger partial charge is 0.497 e. The van der Waals surface area contributed by atoms with Crippen molar-refractivity contribution in [3.05, 3.63) is 29.8 Å². The monoisotopic (exact) mass is 286 g/mol. The Morgan fingerprint density at radius 1 is 1.06 bits per heavy atom. The minimum atomic E-state index is 0.800. The van der Waals surface area contributed by atoms with Crippen LogP contribution in [0.3, 0.4) is 0 Å². The van der Waals surface area contributed by atoms with Crippen LogP contribution < -0.4 is 4.74 Å². The van der Waals surface area contributed by atoms with Crippen LogP contribution in [0.5, 0.6) is 5.75 Å². The predicted molar refractivity (Wildman–Crippen MR) is 70.5 cm³/mol. The molecule has 0 N–H and O–H groups in total. The third-order valence-corrected chi connectivity index (χ3v) is 2.93. The second kappa shape index (κ2) is 8.59. The summed E-state index contributed by atoms with van der Waals surface area (Å²) in [5, 5.41) is 1.06. The Hall–Kier alpha value is -0.540. The Balaban J connectivity index is 2.12. The average molecular weight is 287 g/mol. The molecule has 1 aromatic carbocycles. The van der Waals surface area contributed by atoms with E-state index in [2.05, 4.69) is 28.1 Å². The van der Waals surface area contributed by atoms with Crippen LogP contribution in [0.1, 0.15) is 18.4 Å². The van der Waals surface area contributed by atoms with Gasteiger partial charge in [-0.15, -0.1) is 0 Å². The number of alkyl halides is 1. The lowest BCUT2D eigenvalue weighted by molar-refractivity contribution is 0.134. The van der Waals surface area contributed by atoms with Crippen LogP contribution in [0, 0.1) is 0 Å². The normalized spacial score (nSPS) is 10.4. The lowest BCUT2D eigenvalue weighted by atomic mass is 10.1. The van der Waals surface area contributed by atoms with Gasteiger partial charge in [-0.2, -0.15) is 0 Å². The molecule has 2 nitrogen and oxygen atoms in total. The third-order valence-electron chi connectivity index (χ3n) is 2.37. The molecule has 0 amide bonds. The number of hydrogen-bond donors (Lipinski definition) is 0. The minimum absolute atomic E-state index is 0.800. The van der Waals surface area contributed by atoms with Gasteiger partial charge in [0.05, 0.1) is 13.7 Å². The van der Waals surface area contributed by atoms with E-state index < -0.39 is 0 Å². The molecule has 16 heavy (non-hydrogen) atoms. The zero-order valence-corrected chi connectivity index (χ0v) is 11.3. The van der Waals surface area contributed by atoms with Gasteiger partial charge in [-0.05, 0) is 37.0 Å². The van der Waals surface area contributed by atoms with Crippen molar-refractivity contribution in [2.45, 2.75) is 19.3 Å². The second-order valence-electron chi connectivity index (χ2n) is 3.61. The molecule has 0 aliphatic rings. The number of halogens is 1. The Bertz CT molecular complexity index is 272. The van der Waals surface area contributed by atoms with Crippen LogP contribution in [0.2, 0.25) is 0 Å². The summed E-state index contributed by atoms with van der Waals surface area (Å²) in [5.41, 5.74) is 1.29. The molecule has 0 fully saturated rings. The highest BCUT2D eigenvalue weighted by Gasteiger charge is 1.95. The fourth-order valence-corrected chi connectivity index (χ4v) is 1.78. The number of unbranched alkanes of at least 4 members (excludes halogenated alkanes) is 1. The smallest absolute Gasteiger partial charge is 0.118 e. The van der Waals surface area contributed by atoms with Crippen molar-refractivity contribution < 1.29 is 9.47 Å². The van der Waals surface area contributed by atoms with Gasteiger partial charge in [0.1, 0.15) is 5.75 Å². The molecule has 0 aliphatic heterocycles. The van der Waals surface area contributed by atoms with Crippen molar-refractivity contribution in [3.8, 4) is 5.75 Å². The van der Waals surface area contributed by atoms with Gasteiger partial charge in [0.2, 0.25) is 0 Å². The first-order valence-corrected chi connectivity index (χ1v) is 6.75. The van der Waals surface area contributed by atoms with E-state index in [-0.39, 0.29) is 0 Å². The van der Waals surface area contributed by atoms with Gasteiger partial charge in [-0.1, -0.05) is 28.1 Å². The molecular weight excluding hydrogens is 268 g/mol. The van der Waals surface area contributed by atoms with Crippen LogP contribution >= 0.6 is 15.9 Å². The van der Waals surface area contributed by atoms with Crippen LogP contribution in [0.25, 0.3) is 0 Å². The third kappa shape index (κ3) is 5.52. The molecule has 90 valence electrons. The van der Waals surface area contributed by atoms with Crippen LogP contribution in [0.15, 0.2) is 24.3 Å². The molecule has 0 aliphatic carbocycles. The van der Waals surface area contributed by atoms with Crippen LogP contribution in [0.4, 0.5) is 0 Å². The van der Waals surface area contributed by atoms with Crippen molar-refractivity contribution in [1.29, 1.82) is 0 Å². The topological polar surface area (TPSA) is 18.5 Å². The van der Waals surface area contributed by atoms with Gasteiger partial charge in [-0.3, -0.25) is 0 Å². The highest BCUT2D eigenvalue weighted by Crippen LogP contribution is 2.11. The van der Waals surface area contributed by atoms with E-state index >= 15 is 0 Å². The summed E-state index contributed by atoms with van der Waals surface area (Å²) in [6.07, 6.45) is 3.29. The minimum Gasteiger partial charge on any atom is -0.497 e. The van der Waals surface area contributed by atoms with Crippen LogP contribution in [-0.2, 0) is 11.2 Å². The SMILES string of the molecule is COc1ccc(CCOCCCCBr)cc1. The Labute approximate surface area is 106 Å². The van der Waals surface area contributed by atoms with Crippen molar-refractivity contribution in [3.63, 3.8) is 0 Å². The summed E-state index contributed by atoms with van der Waals surface area (Å²) in [7, 11) is 1.68. The quantitative estimate of drug-likeness (QED) is 0.538. The molecule has 0 bridgehead atoms. The fourth-order valence-electron chi connectivity index (χ4n) is 1.38. The first kappa shape index (κ1) is 13.5. The van der Waals surface area contributed by atoms with Gasteiger partial charge in [0.15, 0.2) is 0 Å². The summed E-state index contributed by atoms with van der Waals surface area (Å²) < 4.78 is 10.6. The molecule has 0 saturated heterocycles. The number of ether oxygens (including phenoxy) is 2. The highest BCUT2D eigenvalue weighted by molar-refractivity contribution is 9.09. The molecule has 0 radical (unpaired) electrons. The molecular formula is C13H19BrO2. The Morgan fingerprint density at radius 2 is 1.81 bits per heavy atom. The van der Waals surface area contributed by atoms with Crippen molar-refractivity contribution >= 4 is 15.9 Å². The van der Waals surface area contributed by atoms with Gasteiger partial charge in [-0.25, -0.2) is 0 Å². The zero-order chi connectivity index (χ0) is 11.6. The van der Waals surface area contributed by atoms with Crippen LogP contribution in [-0.4, -0.2) is 25.7 Å². The summed E-state index contributed by atoms with van der Waals surface area (Å²) in [4.78, 5) is 0. The fraction of sp³-hybridized carbons (Fsp3) is 0.538. The average Bonchev–Trinajstić information content (AvgIpc) is 2.34. The molecule has 1 aromatic rings. The van der Waals surface area contributed by atoms with E-state index in [4.69, 9.17) is 9.47 Å². The lowest BCUT2D eigenvalue weighted by Crippen LogP contribution is -2.00. The van der Waals surface area contributed by atoms with Crippen molar-refractivity contribution in [2.24, 2.45) is 0 Å². The Kier molecular flexibility index (Phi) is 7.26. The van der Waals surface area contributed by atoms with E-state index in [9.17, 15) is 0 Å². The maximum Gasteiger partial charge on any atom is 0.118 e.